The smallest absolute Gasteiger partial charge is 0.128 e. The van der Waals surface area contributed by atoms with Gasteiger partial charge in [-0.15, -0.1) is 0 Å². The normalized spacial score (nSPS) is 24.2. The summed E-state index contributed by atoms with van der Waals surface area (Å²) in [6.45, 7) is 4.31. The van der Waals surface area contributed by atoms with Gasteiger partial charge in [-0.3, -0.25) is 0 Å². The second kappa shape index (κ2) is 6.26. The van der Waals surface area contributed by atoms with Gasteiger partial charge in [0.25, 0.3) is 0 Å². The van der Waals surface area contributed by atoms with Crippen LogP contribution in [0.1, 0.15) is 38.4 Å². The van der Waals surface area contributed by atoms with Crippen LogP contribution in [0.3, 0.4) is 0 Å². The number of aliphatic hydroxyl groups excluding tert-OH is 1. The number of hydrogen-bond acceptors (Lipinski definition) is 4. The first kappa shape index (κ1) is 14.2. The Morgan fingerprint density at radius 2 is 2.21 bits per heavy atom. The number of rotatable bonds is 5. The molecule has 0 bridgehead atoms. The molecule has 0 aliphatic carbocycles. The Bertz CT molecular complexity index is 417. The van der Waals surface area contributed by atoms with E-state index < -0.39 is 6.10 Å². The van der Waals surface area contributed by atoms with Gasteiger partial charge in [0.1, 0.15) is 18.1 Å². The third-order valence-corrected chi connectivity index (χ3v) is 3.42. The summed E-state index contributed by atoms with van der Waals surface area (Å²) in [5.41, 5.74) is 0.770. The Balaban J connectivity index is 2.04. The Morgan fingerprint density at radius 1 is 1.42 bits per heavy atom. The zero-order chi connectivity index (χ0) is 13.8. The largest absolute Gasteiger partial charge is 0.497 e. The SMILES string of the molecule is COc1ccc([C@@H](C)O)c(OCC2CCC(C)O2)c1. The van der Waals surface area contributed by atoms with E-state index in [4.69, 9.17) is 14.2 Å². The van der Waals surface area contributed by atoms with Crippen molar-refractivity contribution in [3.8, 4) is 11.5 Å². The molecule has 1 N–H and O–H groups in total. The molecule has 1 saturated heterocycles. The molecule has 1 fully saturated rings. The first-order chi connectivity index (χ1) is 9.10. The second-order valence-electron chi connectivity index (χ2n) is 5.04. The Hall–Kier alpha value is -1.26. The van der Waals surface area contributed by atoms with Crippen molar-refractivity contribution >= 4 is 0 Å². The molecule has 0 saturated carbocycles. The van der Waals surface area contributed by atoms with Crippen molar-refractivity contribution in [1.82, 2.24) is 0 Å². The van der Waals surface area contributed by atoms with Crippen LogP contribution in [0.5, 0.6) is 11.5 Å². The van der Waals surface area contributed by atoms with Gasteiger partial charge in [-0.05, 0) is 38.8 Å². The molecule has 0 radical (unpaired) electrons. The maximum atomic E-state index is 9.75. The minimum absolute atomic E-state index is 0.142. The summed E-state index contributed by atoms with van der Waals surface area (Å²) < 4.78 is 16.7. The van der Waals surface area contributed by atoms with Gasteiger partial charge in [-0.25, -0.2) is 0 Å². The predicted molar refractivity (Wildman–Crippen MR) is 72.7 cm³/mol. The van der Waals surface area contributed by atoms with Gasteiger partial charge >= 0.3 is 0 Å². The van der Waals surface area contributed by atoms with Gasteiger partial charge in [0.2, 0.25) is 0 Å². The quantitative estimate of drug-likeness (QED) is 0.890. The van der Waals surface area contributed by atoms with E-state index in [1.807, 2.05) is 12.1 Å². The lowest BCUT2D eigenvalue weighted by Crippen LogP contribution is -2.18. The lowest BCUT2D eigenvalue weighted by molar-refractivity contribution is 0.0256. The lowest BCUT2D eigenvalue weighted by atomic mass is 10.1. The number of benzene rings is 1. The topological polar surface area (TPSA) is 47.9 Å². The highest BCUT2D eigenvalue weighted by atomic mass is 16.5. The Kier molecular flexibility index (Phi) is 4.66. The molecule has 2 unspecified atom stereocenters. The van der Waals surface area contributed by atoms with Gasteiger partial charge in [0.05, 0.1) is 25.4 Å². The highest BCUT2D eigenvalue weighted by Crippen LogP contribution is 2.30. The van der Waals surface area contributed by atoms with Crippen LogP contribution in [-0.2, 0) is 4.74 Å². The monoisotopic (exact) mass is 266 g/mol. The third kappa shape index (κ3) is 3.61. The molecule has 3 atom stereocenters. The molecule has 1 heterocycles. The van der Waals surface area contributed by atoms with E-state index in [1.54, 1.807) is 20.1 Å². The van der Waals surface area contributed by atoms with E-state index in [9.17, 15) is 5.11 Å². The molecule has 19 heavy (non-hydrogen) atoms. The molecule has 1 aromatic carbocycles. The fourth-order valence-electron chi connectivity index (χ4n) is 2.30. The maximum absolute atomic E-state index is 9.75. The standard InChI is InChI=1S/C15H22O4/c1-10-4-5-13(19-10)9-18-15-8-12(17-3)6-7-14(15)11(2)16/h6-8,10-11,13,16H,4-5,9H2,1-3H3/t10?,11-,13?/m1/s1. The Morgan fingerprint density at radius 3 is 2.79 bits per heavy atom. The van der Waals surface area contributed by atoms with Crippen LogP contribution >= 0.6 is 0 Å². The molecular weight excluding hydrogens is 244 g/mol. The van der Waals surface area contributed by atoms with Gasteiger partial charge in [-0.1, -0.05) is 0 Å². The molecule has 1 aliphatic heterocycles. The molecule has 0 spiro atoms. The third-order valence-electron chi connectivity index (χ3n) is 3.42. The zero-order valence-corrected chi connectivity index (χ0v) is 11.8. The van der Waals surface area contributed by atoms with Crippen LogP contribution in [0, 0.1) is 0 Å². The lowest BCUT2D eigenvalue weighted by Gasteiger charge is -2.17. The molecule has 2 rings (SSSR count). The van der Waals surface area contributed by atoms with Crippen molar-refractivity contribution < 1.29 is 19.3 Å². The average molecular weight is 266 g/mol. The van der Waals surface area contributed by atoms with E-state index >= 15 is 0 Å². The average Bonchev–Trinajstić information content (AvgIpc) is 2.81. The van der Waals surface area contributed by atoms with Crippen LogP contribution in [0.4, 0.5) is 0 Å². The van der Waals surface area contributed by atoms with Crippen LogP contribution in [-0.4, -0.2) is 31.0 Å². The highest BCUT2D eigenvalue weighted by molar-refractivity contribution is 5.41. The van der Waals surface area contributed by atoms with Crippen molar-refractivity contribution in [2.45, 2.75) is 45.0 Å². The summed E-state index contributed by atoms with van der Waals surface area (Å²) >= 11 is 0. The van der Waals surface area contributed by atoms with Crippen LogP contribution in [0.15, 0.2) is 18.2 Å². The second-order valence-corrected chi connectivity index (χ2v) is 5.04. The fraction of sp³-hybridized carbons (Fsp3) is 0.600. The van der Waals surface area contributed by atoms with E-state index in [-0.39, 0.29) is 6.10 Å². The van der Waals surface area contributed by atoms with E-state index in [2.05, 4.69) is 6.92 Å². The molecule has 106 valence electrons. The van der Waals surface area contributed by atoms with Crippen molar-refractivity contribution in [1.29, 1.82) is 0 Å². The van der Waals surface area contributed by atoms with Gasteiger partial charge < -0.3 is 19.3 Å². The minimum Gasteiger partial charge on any atom is -0.497 e. The van der Waals surface area contributed by atoms with Crippen molar-refractivity contribution in [3.05, 3.63) is 23.8 Å². The summed E-state index contributed by atoms with van der Waals surface area (Å²) in [7, 11) is 1.61. The number of ether oxygens (including phenoxy) is 3. The van der Waals surface area contributed by atoms with E-state index in [0.29, 0.717) is 18.5 Å². The van der Waals surface area contributed by atoms with Crippen LogP contribution in [0.2, 0.25) is 0 Å². The first-order valence-corrected chi connectivity index (χ1v) is 6.74. The summed E-state index contributed by atoms with van der Waals surface area (Å²) in [5, 5.41) is 9.75. The fourth-order valence-corrected chi connectivity index (χ4v) is 2.30. The molecule has 0 amide bonds. The summed E-state index contributed by atoms with van der Waals surface area (Å²) in [6.07, 6.45) is 1.99. The molecule has 0 aromatic heterocycles. The van der Waals surface area contributed by atoms with E-state index in [0.717, 1.165) is 24.2 Å². The molecule has 1 aliphatic rings. The summed E-state index contributed by atoms with van der Waals surface area (Å²) in [5.74, 6) is 1.39. The van der Waals surface area contributed by atoms with E-state index in [1.165, 1.54) is 0 Å². The van der Waals surface area contributed by atoms with Crippen molar-refractivity contribution in [2.24, 2.45) is 0 Å². The molecular formula is C15H22O4. The highest BCUT2D eigenvalue weighted by Gasteiger charge is 2.23. The number of aliphatic hydroxyl groups is 1. The first-order valence-electron chi connectivity index (χ1n) is 6.74. The van der Waals surface area contributed by atoms with Crippen molar-refractivity contribution in [2.75, 3.05) is 13.7 Å². The summed E-state index contributed by atoms with van der Waals surface area (Å²) in [4.78, 5) is 0. The number of hydrogen-bond donors (Lipinski definition) is 1. The number of methoxy groups -OCH3 is 1. The predicted octanol–water partition coefficient (Wildman–Crippen LogP) is 2.69. The zero-order valence-electron chi connectivity index (χ0n) is 11.8. The van der Waals surface area contributed by atoms with Gasteiger partial charge in [0, 0.05) is 11.6 Å². The van der Waals surface area contributed by atoms with Gasteiger partial charge in [0.15, 0.2) is 0 Å². The minimum atomic E-state index is -0.565. The van der Waals surface area contributed by atoms with Crippen LogP contribution < -0.4 is 9.47 Å². The summed E-state index contributed by atoms with van der Waals surface area (Å²) in [6, 6.07) is 5.46. The maximum Gasteiger partial charge on any atom is 0.128 e. The molecule has 1 aromatic rings. The van der Waals surface area contributed by atoms with Crippen molar-refractivity contribution in [3.63, 3.8) is 0 Å². The van der Waals surface area contributed by atoms with Crippen LogP contribution in [0.25, 0.3) is 0 Å². The molecule has 4 nitrogen and oxygen atoms in total. The van der Waals surface area contributed by atoms with Gasteiger partial charge in [-0.2, -0.15) is 0 Å². The molecule has 4 heteroatoms. The Labute approximate surface area is 114 Å².